The Morgan fingerprint density at radius 3 is 2.69 bits per heavy atom. The molecule has 5 atom stereocenters. The summed E-state index contributed by atoms with van der Waals surface area (Å²) in [5.74, 6) is -1.17. The first-order chi connectivity index (χ1) is 14.0. The average Bonchev–Trinajstić information content (AvgIpc) is 3.35. The van der Waals surface area contributed by atoms with Gasteiger partial charge in [-0.25, -0.2) is 4.79 Å². The van der Waals surface area contributed by atoms with Crippen LogP contribution in [0.3, 0.4) is 0 Å². The van der Waals surface area contributed by atoms with Crippen LogP contribution in [0.4, 0.5) is 5.69 Å². The minimum Gasteiger partial charge on any atom is -0.479 e. The van der Waals surface area contributed by atoms with Crippen molar-refractivity contribution in [1.29, 1.82) is 0 Å². The molecule has 3 N–H and O–H groups in total. The Morgan fingerprint density at radius 2 is 1.97 bits per heavy atom. The number of aliphatic carboxylic acids is 1. The third kappa shape index (κ3) is 6.15. The van der Waals surface area contributed by atoms with E-state index in [2.05, 4.69) is 24.0 Å². The van der Waals surface area contributed by atoms with Gasteiger partial charge < -0.3 is 20.3 Å². The quantitative estimate of drug-likeness (QED) is 0.215. The lowest BCUT2D eigenvalue weighted by Gasteiger charge is -2.20. The molecule has 158 valence electrons. The summed E-state index contributed by atoms with van der Waals surface area (Å²) in [4.78, 5) is 22.4. The van der Waals surface area contributed by atoms with Crippen molar-refractivity contribution in [1.82, 2.24) is 0 Å². The molecular weight excluding hydrogens is 370 g/mol. The first-order valence-electron chi connectivity index (χ1n) is 10.5. The third-order valence-corrected chi connectivity index (χ3v) is 6.15. The molecule has 0 bridgehead atoms. The van der Waals surface area contributed by atoms with Gasteiger partial charge in [0, 0.05) is 18.7 Å². The molecule has 6 nitrogen and oxygen atoms in total. The zero-order valence-electron chi connectivity index (χ0n) is 16.8. The molecule has 0 radical (unpaired) electrons. The molecule has 1 aromatic carbocycles. The monoisotopic (exact) mass is 401 g/mol. The summed E-state index contributed by atoms with van der Waals surface area (Å²) in [5.41, 5.74) is 2.42. The highest BCUT2D eigenvalue weighted by Crippen LogP contribution is 2.45. The Hall–Kier alpha value is -2.18. The summed E-state index contributed by atoms with van der Waals surface area (Å²) in [6, 6.07) is 10.2. The van der Waals surface area contributed by atoms with Crippen molar-refractivity contribution in [3.8, 4) is 0 Å². The molecule has 6 heteroatoms. The summed E-state index contributed by atoms with van der Waals surface area (Å²) >= 11 is 0. The number of Topliss-reactive ketones (excluding diaryl/α,β-unsaturated/α-hetero) is 1. The number of anilines is 1. The molecule has 2 unspecified atom stereocenters. The van der Waals surface area contributed by atoms with Crippen LogP contribution in [0.25, 0.3) is 0 Å². The number of ether oxygens (including phenoxy) is 1. The van der Waals surface area contributed by atoms with Crippen LogP contribution in [0.15, 0.2) is 42.5 Å². The number of unbranched alkanes of at least 4 members (excludes halogenated alkanes) is 1. The number of benzene rings is 1. The van der Waals surface area contributed by atoms with Crippen LogP contribution in [0.2, 0.25) is 0 Å². The highest BCUT2D eigenvalue weighted by Gasteiger charge is 2.45. The van der Waals surface area contributed by atoms with Gasteiger partial charge in [-0.05, 0) is 56.1 Å². The molecule has 1 aliphatic carbocycles. The number of epoxide rings is 1. The highest BCUT2D eigenvalue weighted by molar-refractivity contribution is 6.01. The van der Waals surface area contributed by atoms with E-state index in [1.807, 2.05) is 18.2 Å². The van der Waals surface area contributed by atoms with Gasteiger partial charge in [-0.3, -0.25) is 4.79 Å². The second kappa shape index (κ2) is 10.0. The van der Waals surface area contributed by atoms with Crippen LogP contribution in [-0.4, -0.2) is 46.8 Å². The second-order valence-electron chi connectivity index (χ2n) is 8.21. The van der Waals surface area contributed by atoms with E-state index in [4.69, 9.17) is 9.84 Å². The summed E-state index contributed by atoms with van der Waals surface area (Å²) in [6.07, 6.45) is 4.21. The number of carbonyl (C=O) groups is 2. The van der Waals surface area contributed by atoms with Gasteiger partial charge in [0.2, 0.25) is 6.10 Å². The number of carboxylic acids is 1. The van der Waals surface area contributed by atoms with Crippen LogP contribution in [0.1, 0.15) is 44.9 Å². The van der Waals surface area contributed by atoms with Crippen LogP contribution in [0.5, 0.6) is 0 Å². The molecule has 0 spiro atoms. The maximum Gasteiger partial charge on any atom is 0.340 e. The van der Waals surface area contributed by atoms with Gasteiger partial charge in [0.25, 0.3) is 0 Å². The fraction of sp³-hybridized carbons (Fsp3) is 0.565. The number of para-hydroxylation sites is 1. The number of carboxylic acid groups (broad SMARTS) is 1. The van der Waals surface area contributed by atoms with E-state index in [0.29, 0.717) is 11.8 Å². The molecule has 0 aromatic heterocycles. The molecule has 1 saturated carbocycles. The summed E-state index contributed by atoms with van der Waals surface area (Å²) in [6.45, 7) is 5.20. The zero-order valence-corrected chi connectivity index (χ0v) is 16.8. The predicted molar refractivity (Wildman–Crippen MR) is 111 cm³/mol. The SMILES string of the molecule is C=C1CC[C@H](CCCCNc2ccccc2)[C@H]1C[C@H]1OC1CC(=O)C(O)C(=O)O. The first-order valence-corrected chi connectivity index (χ1v) is 10.5. The number of aliphatic hydroxyl groups is 1. The fourth-order valence-corrected chi connectivity index (χ4v) is 4.38. The summed E-state index contributed by atoms with van der Waals surface area (Å²) < 4.78 is 5.59. The first kappa shape index (κ1) is 21.5. The van der Waals surface area contributed by atoms with E-state index in [1.165, 1.54) is 5.57 Å². The molecule has 2 fully saturated rings. The summed E-state index contributed by atoms with van der Waals surface area (Å²) in [5, 5.41) is 21.5. The minimum atomic E-state index is -1.95. The minimum absolute atomic E-state index is 0.0259. The van der Waals surface area contributed by atoms with E-state index in [1.54, 1.807) is 0 Å². The largest absolute Gasteiger partial charge is 0.479 e. The fourth-order valence-electron chi connectivity index (χ4n) is 4.38. The molecule has 29 heavy (non-hydrogen) atoms. The van der Waals surface area contributed by atoms with Crippen LogP contribution >= 0.6 is 0 Å². The number of allylic oxidation sites excluding steroid dienone is 1. The van der Waals surface area contributed by atoms with E-state index in [9.17, 15) is 14.7 Å². The smallest absolute Gasteiger partial charge is 0.340 e. The van der Waals surface area contributed by atoms with E-state index >= 15 is 0 Å². The molecule has 2 aliphatic rings. The molecule has 1 aliphatic heterocycles. The van der Waals surface area contributed by atoms with E-state index < -0.39 is 17.9 Å². The molecule has 3 rings (SSSR count). The van der Waals surface area contributed by atoms with Gasteiger partial charge in [-0.1, -0.05) is 36.8 Å². The van der Waals surface area contributed by atoms with Gasteiger partial charge >= 0.3 is 5.97 Å². The zero-order chi connectivity index (χ0) is 20.8. The van der Waals surface area contributed by atoms with Crippen LogP contribution in [0, 0.1) is 11.8 Å². The number of hydrogen-bond acceptors (Lipinski definition) is 5. The Kier molecular flexibility index (Phi) is 7.45. The lowest BCUT2D eigenvalue weighted by atomic mass is 9.85. The van der Waals surface area contributed by atoms with E-state index in [-0.39, 0.29) is 18.6 Å². The Morgan fingerprint density at radius 1 is 1.21 bits per heavy atom. The Bertz CT molecular complexity index is 719. The van der Waals surface area contributed by atoms with Crippen molar-refractivity contribution in [3.05, 3.63) is 42.5 Å². The maximum atomic E-state index is 11.7. The molecular formula is C23H31NO5. The van der Waals surface area contributed by atoms with Gasteiger partial charge in [0.05, 0.1) is 12.2 Å². The molecule has 1 heterocycles. The number of rotatable bonds is 12. The normalized spacial score (nSPS) is 26.9. The van der Waals surface area contributed by atoms with Gasteiger partial charge in [0.15, 0.2) is 5.78 Å². The van der Waals surface area contributed by atoms with Crippen molar-refractivity contribution in [2.45, 2.75) is 63.3 Å². The molecule has 1 aromatic rings. The highest BCUT2D eigenvalue weighted by atomic mass is 16.6. The summed E-state index contributed by atoms with van der Waals surface area (Å²) in [7, 11) is 0. The second-order valence-corrected chi connectivity index (χ2v) is 8.21. The predicted octanol–water partition coefficient (Wildman–Crippen LogP) is 3.41. The maximum absolute atomic E-state index is 11.7. The van der Waals surface area contributed by atoms with Gasteiger partial charge in [-0.2, -0.15) is 0 Å². The average molecular weight is 402 g/mol. The van der Waals surface area contributed by atoms with Crippen molar-refractivity contribution >= 4 is 17.4 Å². The molecule has 1 saturated heterocycles. The Balaban J connectivity index is 1.36. The number of aliphatic hydroxyl groups excluding tert-OH is 1. The van der Waals surface area contributed by atoms with Crippen molar-refractivity contribution in [2.24, 2.45) is 11.8 Å². The van der Waals surface area contributed by atoms with E-state index in [0.717, 1.165) is 50.8 Å². The van der Waals surface area contributed by atoms with Gasteiger partial charge in [-0.15, -0.1) is 0 Å². The lowest BCUT2D eigenvalue weighted by Crippen LogP contribution is -2.30. The number of carbonyl (C=O) groups excluding carboxylic acids is 1. The number of nitrogens with one attached hydrogen (secondary N) is 1. The topological polar surface area (TPSA) is 99.2 Å². The standard InChI is InChI=1S/C23H31NO5/c1-15-10-11-16(7-5-6-12-24-17-8-3-2-4-9-17)18(15)13-20-21(29-20)14-19(25)22(26)23(27)28/h2-4,8-9,16,18,20-22,24,26H,1,5-7,10-14H2,(H,27,28)/t16-,18-,20+,21?,22?/m0/s1. The Labute approximate surface area is 172 Å². The van der Waals surface area contributed by atoms with Crippen molar-refractivity contribution in [2.75, 3.05) is 11.9 Å². The molecule has 0 amide bonds. The van der Waals surface area contributed by atoms with Crippen molar-refractivity contribution in [3.63, 3.8) is 0 Å². The van der Waals surface area contributed by atoms with Crippen LogP contribution < -0.4 is 5.32 Å². The third-order valence-electron chi connectivity index (χ3n) is 6.15. The van der Waals surface area contributed by atoms with Gasteiger partial charge in [0.1, 0.15) is 0 Å². The number of ketones is 1. The van der Waals surface area contributed by atoms with Crippen LogP contribution in [-0.2, 0) is 14.3 Å². The van der Waals surface area contributed by atoms with Crippen molar-refractivity contribution < 1.29 is 24.5 Å². The lowest BCUT2D eigenvalue weighted by molar-refractivity contribution is -0.152. The number of hydrogen-bond donors (Lipinski definition) is 3.